The number of ether oxygens (including phenoxy) is 2. The second kappa shape index (κ2) is 11.1. The molecule has 0 aromatic heterocycles. The molecule has 0 spiro atoms. The molecule has 1 atom stereocenters. The first-order valence-electron chi connectivity index (χ1n) is 10.4. The van der Waals surface area contributed by atoms with E-state index in [2.05, 4.69) is 17.4 Å². The number of carbonyl (C=O) groups excluding carboxylic acids is 1. The van der Waals surface area contributed by atoms with Gasteiger partial charge in [-0.2, -0.15) is 0 Å². The number of aryl methyl sites for hydroxylation is 1. The summed E-state index contributed by atoms with van der Waals surface area (Å²) in [5.74, 6) is 1.44. The van der Waals surface area contributed by atoms with Crippen molar-refractivity contribution >= 4 is 5.91 Å². The van der Waals surface area contributed by atoms with Crippen molar-refractivity contribution in [3.05, 3.63) is 95.6 Å². The fourth-order valence-corrected chi connectivity index (χ4v) is 3.21. The number of amides is 1. The standard InChI is InChI=1S/C26H29NO3/c1-3-29-25-17-16-22(18-23(25)19-30-24-12-8-5-9-13-24)26(28)27-20(2)14-15-21-10-6-4-7-11-21/h4-13,16-18,20H,3,14-15,19H2,1-2H3,(H,27,28). The average molecular weight is 404 g/mol. The fraction of sp³-hybridized carbons (Fsp3) is 0.269. The van der Waals surface area contributed by atoms with Crippen molar-refractivity contribution in [1.82, 2.24) is 5.32 Å². The molecular weight excluding hydrogens is 374 g/mol. The van der Waals surface area contributed by atoms with Crippen LogP contribution in [-0.2, 0) is 13.0 Å². The fourth-order valence-electron chi connectivity index (χ4n) is 3.21. The summed E-state index contributed by atoms with van der Waals surface area (Å²) >= 11 is 0. The van der Waals surface area contributed by atoms with Gasteiger partial charge in [0, 0.05) is 17.2 Å². The number of para-hydroxylation sites is 1. The van der Waals surface area contributed by atoms with Gasteiger partial charge >= 0.3 is 0 Å². The van der Waals surface area contributed by atoms with Crippen molar-refractivity contribution in [2.45, 2.75) is 39.3 Å². The Labute approximate surface area is 178 Å². The topological polar surface area (TPSA) is 47.6 Å². The van der Waals surface area contributed by atoms with Crippen molar-refractivity contribution < 1.29 is 14.3 Å². The van der Waals surface area contributed by atoms with Gasteiger partial charge in [0.05, 0.1) is 6.61 Å². The van der Waals surface area contributed by atoms with E-state index in [1.807, 2.05) is 74.5 Å². The third-order valence-corrected chi connectivity index (χ3v) is 4.85. The highest BCUT2D eigenvalue weighted by Gasteiger charge is 2.14. The highest BCUT2D eigenvalue weighted by atomic mass is 16.5. The van der Waals surface area contributed by atoms with Crippen LogP contribution in [-0.4, -0.2) is 18.6 Å². The zero-order chi connectivity index (χ0) is 21.2. The number of hydrogen-bond donors (Lipinski definition) is 1. The van der Waals surface area contributed by atoms with Gasteiger partial charge in [-0.05, 0) is 62.6 Å². The van der Waals surface area contributed by atoms with E-state index in [1.54, 1.807) is 6.07 Å². The molecule has 1 amide bonds. The highest BCUT2D eigenvalue weighted by molar-refractivity contribution is 5.94. The molecule has 30 heavy (non-hydrogen) atoms. The summed E-state index contributed by atoms with van der Waals surface area (Å²) in [6, 6.07) is 25.5. The van der Waals surface area contributed by atoms with E-state index in [0.717, 1.165) is 29.9 Å². The van der Waals surface area contributed by atoms with Gasteiger partial charge in [0.1, 0.15) is 18.1 Å². The quantitative estimate of drug-likeness (QED) is 0.492. The van der Waals surface area contributed by atoms with Gasteiger partial charge < -0.3 is 14.8 Å². The van der Waals surface area contributed by atoms with Crippen LogP contribution in [0.25, 0.3) is 0 Å². The largest absolute Gasteiger partial charge is 0.493 e. The molecule has 3 aromatic rings. The highest BCUT2D eigenvalue weighted by Crippen LogP contribution is 2.23. The lowest BCUT2D eigenvalue weighted by Gasteiger charge is -2.16. The average Bonchev–Trinajstić information content (AvgIpc) is 2.78. The van der Waals surface area contributed by atoms with Crippen molar-refractivity contribution in [2.75, 3.05) is 6.61 Å². The molecule has 1 N–H and O–H groups in total. The molecule has 0 aliphatic rings. The Morgan fingerprint density at radius 1 is 0.933 bits per heavy atom. The van der Waals surface area contributed by atoms with E-state index in [4.69, 9.17) is 9.47 Å². The maximum Gasteiger partial charge on any atom is 0.251 e. The zero-order valence-electron chi connectivity index (χ0n) is 17.6. The maximum absolute atomic E-state index is 12.8. The summed E-state index contributed by atoms with van der Waals surface area (Å²) in [5.41, 5.74) is 2.74. The van der Waals surface area contributed by atoms with Crippen LogP contribution in [0.4, 0.5) is 0 Å². The Hall–Kier alpha value is -3.27. The Morgan fingerprint density at radius 3 is 2.33 bits per heavy atom. The first-order chi connectivity index (χ1) is 14.7. The van der Waals surface area contributed by atoms with Crippen molar-refractivity contribution in [3.63, 3.8) is 0 Å². The van der Waals surface area contributed by atoms with Crippen LogP contribution in [0.15, 0.2) is 78.9 Å². The summed E-state index contributed by atoms with van der Waals surface area (Å²) in [5, 5.41) is 3.10. The van der Waals surface area contributed by atoms with Gasteiger partial charge in [-0.1, -0.05) is 48.5 Å². The van der Waals surface area contributed by atoms with Crippen LogP contribution in [0.2, 0.25) is 0 Å². The van der Waals surface area contributed by atoms with Gasteiger partial charge in [-0.25, -0.2) is 0 Å². The van der Waals surface area contributed by atoms with Gasteiger partial charge in [0.15, 0.2) is 0 Å². The van der Waals surface area contributed by atoms with E-state index in [1.165, 1.54) is 5.56 Å². The summed E-state index contributed by atoms with van der Waals surface area (Å²) in [6.45, 7) is 4.87. The predicted octanol–water partition coefficient (Wildman–Crippen LogP) is 5.42. The third-order valence-electron chi connectivity index (χ3n) is 4.85. The van der Waals surface area contributed by atoms with E-state index < -0.39 is 0 Å². The van der Waals surface area contributed by atoms with E-state index in [9.17, 15) is 4.79 Å². The molecule has 3 aromatic carbocycles. The molecule has 0 aliphatic carbocycles. The molecule has 3 rings (SSSR count). The molecular formula is C26H29NO3. The van der Waals surface area contributed by atoms with Crippen LogP contribution in [0, 0.1) is 0 Å². The Kier molecular flexibility index (Phi) is 7.90. The Balaban J connectivity index is 1.63. The number of carbonyl (C=O) groups is 1. The van der Waals surface area contributed by atoms with E-state index >= 15 is 0 Å². The summed E-state index contributed by atoms with van der Waals surface area (Å²) in [7, 11) is 0. The number of rotatable bonds is 10. The Bertz CT molecular complexity index is 926. The molecule has 4 heteroatoms. The SMILES string of the molecule is CCOc1ccc(C(=O)NC(C)CCc2ccccc2)cc1COc1ccccc1. The molecule has 0 saturated carbocycles. The molecule has 0 aliphatic heterocycles. The van der Waals surface area contributed by atoms with Gasteiger partial charge in [-0.3, -0.25) is 4.79 Å². The van der Waals surface area contributed by atoms with Crippen LogP contribution in [0.3, 0.4) is 0 Å². The summed E-state index contributed by atoms with van der Waals surface area (Å²) in [4.78, 5) is 12.8. The van der Waals surface area contributed by atoms with Crippen molar-refractivity contribution in [3.8, 4) is 11.5 Å². The van der Waals surface area contributed by atoms with Gasteiger partial charge in [0.25, 0.3) is 5.91 Å². The van der Waals surface area contributed by atoms with Crippen molar-refractivity contribution in [1.29, 1.82) is 0 Å². The number of hydrogen-bond acceptors (Lipinski definition) is 3. The molecule has 0 radical (unpaired) electrons. The second-order valence-electron chi connectivity index (χ2n) is 7.26. The first-order valence-corrected chi connectivity index (χ1v) is 10.4. The summed E-state index contributed by atoms with van der Waals surface area (Å²) in [6.07, 6.45) is 1.82. The summed E-state index contributed by atoms with van der Waals surface area (Å²) < 4.78 is 11.6. The third kappa shape index (κ3) is 6.38. The van der Waals surface area contributed by atoms with Gasteiger partial charge in [0.2, 0.25) is 0 Å². The van der Waals surface area contributed by atoms with E-state index in [-0.39, 0.29) is 11.9 Å². The molecule has 156 valence electrons. The number of nitrogens with one attached hydrogen (secondary N) is 1. The molecule has 0 saturated heterocycles. The minimum Gasteiger partial charge on any atom is -0.493 e. The first kappa shape index (κ1) is 21.4. The zero-order valence-corrected chi connectivity index (χ0v) is 17.6. The second-order valence-corrected chi connectivity index (χ2v) is 7.26. The molecule has 0 bridgehead atoms. The lowest BCUT2D eigenvalue weighted by molar-refractivity contribution is 0.0938. The van der Waals surface area contributed by atoms with Crippen LogP contribution in [0.1, 0.15) is 41.8 Å². The van der Waals surface area contributed by atoms with Crippen LogP contribution < -0.4 is 14.8 Å². The Morgan fingerprint density at radius 2 is 1.63 bits per heavy atom. The smallest absolute Gasteiger partial charge is 0.251 e. The predicted molar refractivity (Wildman–Crippen MR) is 120 cm³/mol. The molecule has 4 nitrogen and oxygen atoms in total. The lowest BCUT2D eigenvalue weighted by atomic mass is 10.1. The molecule has 1 unspecified atom stereocenters. The van der Waals surface area contributed by atoms with Crippen molar-refractivity contribution in [2.24, 2.45) is 0 Å². The molecule has 0 fully saturated rings. The van der Waals surface area contributed by atoms with Crippen LogP contribution in [0.5, 0.6) is 11.5 Å². The molecule has 0 heterocycles. The normalized spacial score (nSPS) is 11.5. The minimum atomic E-state index is -0.0837. The van der Waals surface area contributed by atoms with E-state index in [0.29, 0.717) is 18.8 Å². The van der Waals surface area contributed by atoms with Gasteiger partial charge in [-0.15, -0.1) is 0 Å². The lowest BCUT2D eigenvalue weighted by Crippen LogP contribution is -2.33. The maximum atomic E-state index is 12.8. The number of benzene rings is 3. The monoisotopic (exact) mass is 403 g/mol. The minimum absolute atomic E-state index is 0.0771. The van der Waals surface area contributed by atoms with Crippen LogP contribution >= 0.6 is 0 Å².